The quantitative estimate of drug-likeness (QED) is 0.924. The molecule has 126 valence electrons. The molecular formula is C16H14F2N2O3S. The monoisotopic (exact) mass is 352 g/mol. The van der Waals surface area contributed by atoms with Gasteiger partial charge in [-0.25, -0.2) is 17.2 Å². The molecule has 8 heteroatoms. The number of amides is 1. The molecule has 0 unspecified atom stereocenters. The van der Waals surface area contributed by atoms with Crippen molar-refractivity contribution in [3.05, 3.63) is 59.7 Å². The van der Waals surface area contributed by atoms with Gasteiger partial charge in [-0.05, 0) is 42.8 Å². The maximum Gasteiger partial charge on any atom is 0.255 e. The smallest absolute Gasteiger partial charge is 0.255 e. The number of halogens is 2. The average molecular weight is 352 g/mol. The van der Waals surface area contributed by atoms with E-state index in [1.54, 1.807) is 12.1 Å². The van der Waals surface area contributed by atoms with E-state index in [-0.39, 0.29) is 17.0 Å². The van der Waals surface area contributed by atoms with Crippen LogP contribution in [0.3, 0.4) is 0 Å². The fourth-order valence-corrected chi connectivity index (χ4v) is 4.05. The summed E-state index contributed by atoms with van der Waals surface area (Å²) in [4.78, 5) is 12.1. The van der Waals surface area contributed by atoms with Gasteiger partial charge >= 0.3 is 0 Å². The van der Waals surface area contributed by atoms with Crippen molar-refractivity contribution in [1.29, 1.82) is 0 Å². The number of nitrogens with zero attached hydrogens (tertiary/aromatic N) is 1. The van der Waals surface area contributed by atoms with Gasteiger partial charge in [-0.2, -0.15) is 0 Å². The van der Waals surface area contributed by atoms with E-state index in [0.717, 1.165) is 12.1 Å². The first-order valence-electron chi connectivity index (χ1n) is 7.24. The minimum absolute atomic E-state index is 0.116. The van der Waals surface area contributed by atoms with Crippen molar-refractivity contribution in [2.45, 2.75) is 6.42 Å². The van der Waals surface area contributed by atoms with E-state index in [9.17, 15) is 22.0 Å². The van der Waals surface area contributed by atoms with Crippen LogP contribution < -0.4 is 9.62 Å². The number of benzene rings is 2. The molecule has 0 saturated carbocycles. The van der Waals surface area contributed by atoms with Crippen LogP contribution in [0.2, 0.25) is 0 Å². The molecule has 1 aliphatic rings. The van der Waals surface area contributed by atoms with Gasteiger partial charge in [0.1, 0.15) is 0 Å². The fraction of sp³-hybridized carbons (Fsp3) is 0.188. The lowest BCUT2D eigenvalue weighted by Crippen LogP contribution is -2.25. The van der Waals surface area contributed by atoms with Crippen molar-refractivity contribution in [3.8, 4) is 0 Å². The molecule has 1 aliphatic heterocycles. The van der Waals surface area contributed by atoms with E-state index < -0.39 is 27.6 Å². The number of hydrogen-bond donors (Lipinski definition) is 1. The van der Waals surface area contributed by atoms with Crippen molar-refractivity contribution in [1.82, 2.24) is 0 Å². The number of carbonyl (C=O) groups is 1. The van der Waals surface area contributed by atoms with E-state index in [1.807, 2.05) is 0 Å². The zero-order valence-electron chi connectivity index (χ0n) is 12.5. The Morgan fingerprint density at radius 3 is 2.33 bits per heavy atom. The molecule has 1 amide bonds. The van der Waals surface area contributed by atoms with Crippen LogP contribution >= 0.6 is 0 Å². The predicted octanol–water partition coefficient (Wildman–Crippen LogP) is 2.76. The van der Waals surface area contributed by atoms with Gasteiger partial charge in [0.25, 0.3) is 5.91 Å². The van der Waals surface area contributed by atoms with Crippen LogP contribution in [-0.2, 0) is 10.0 Å². The van der Waals surface area contributed by atoms with Crippen LogP contribution in [0.25, 0.3) is 0 Å². The summed E-state index contributed by atoms with van der Waals surface area (Å²) in [6.45, 7) is 0.419. The molecule has 1 saturated heterocycles. The van der Waals surface area contributed by atoms with Crippen LogP contribution in [0.4, 0.5) is 20.2 Å². The summed E-state index contributed by atoms with van der Waals surface area (Å²) in [5.74, 6) is -2.44. The maximum absolute atomic E-state index is 13.1. The van der Waals surface area contributed by atoms with E-state index >= 15 is 0 Å². The molecule has 1 fully saturated rings. The molecule has 1 N–H and O–H groups in total. The van der Waals surface area contributed by atoms with Gasteiger partial charge in [-0.3, -0.25) is 9.10 Å². The van der Waals surface area contributed by atoms with Gasteiger partial charge in [0, 0.05) is 23.9 Å². The van der Waals surface area contributed by atoms with Crippen LogP contribution in [0, 0.1) is 11.6 Å². The van der Waals surface area contributed by atoms with Crippen LogP contribution in [-0.4, -0.2) is 26.6 Å². The van der Waals surface area contributed by atoms with Gasteiger partial charge in [0.05, 0.1) is 11.4 Å². The Morgan fingerprint density at radius 2 is 1.75 bits per heavy atom. The third-order valence-electron chi connectivity index (χ3n) is 3.69. The SMILES string of the molecule is O=C(Nc1ccc(F)c(F)c1)c1ccc(N2CCCS2(=O)=O)cc1. The molecule has 0 bridgehead atoms. The molecule has 0 aromatic heterocycles. The lowest BCUT2D eigenvalue weighted by atomic mass is 10.2. The molecule has 3 rings (SSSR count). The average Bonchev–Trinajstić information content (AvgIpc) is 2.90. The summed E-state index contributed by atoms with van der Waals surface area (Å²) in [6, 6.07) is 9.12. The number of rotatable bonds is 3. The van der Waals surface area contributed by atoms with Gasteiger partial charge < -0.3 is 5.32 Å². The second-order valence-corrected chi connectivity index (χ2v) is 7.38. The second kappa shape index (κ2) is 6.20. The molecule has 0 aliphatic carbocycles. The topological polar surface area (TPSA) is 66.5 Å². The molecule has 0 spiro atoms. The van der Waals surface area contributed by atoms with E-state index in [0.29, 0.717) is 18.7 Å². The van der Waals surface area contributed by atoms with Gasteiger partial charge in [-0.1, -0.05) is 0 Å². The second-order valence-electron chi connectivity index (χ2n) is 5.37. The zero-order chi connectivity index (χ0) is 17.3. The summed E-state index contributed by atoms with van der Waals surface area (Å²) < 4.78 is 51.0. The van der Waals surface area contributed by atoms with Crippen molar-refractivity contribution >= 4 is 27.3 Å². The Hall–Kier alpha value is -2.48. The first kappa shape index (κ1) is 16.4. The number of sulfonamides is 1. The lowest BCUT2D eigenvalue weighted by molar-refractivity contribution is 0.102. The highest BCUT2D eigenvalue weighted by Gasteiger charge is 2.28. The van der Waals surface area contributed by atoms with Gasteiger partial charge in [0.15, 0.2) is 11.6 Å². The molecule has 5 nitrogen and oxygen atoms in total. The first-order chi connectivity index (χ1) is 11.4. The highest BCUT2D eigenvalue weighted by atomic mass is 32.2. The molecule has 2 aromatic rings. The van der Waals surface area contributed by atoms with Crippen molar-refractivity contribution < 1.29 is 22.0 Å². The fourth-order valence-electron chi connectivity index (χ4n) is 2.49. The van der Waals surface area contributed by atoms with Crippen molar-refractivity contribution in [3.63, 3.8) is 0 Å². The zero-order valence-corrected chi connectivity index (χ0v) is 13.3. The molecular weight excluding hydrogens is 338 g/mol. The van der Waals surface area contributed by atoms with E-state index in [4.69, 9.17) is 0 Å². The molecule has 2 aromatic carbocycles. The number of nitrogens with one attached hydrogen (secondary N) is 1. The Kier molecular flexibility index (Phi) is 4.23. The first-order valence-corrected chi connectivity index (χ1v) is 8.85. The Morgan fingerprint density at radius 1 is 1.04 bits per heavy atom. The maximum atomic E-state index is 13.1. The van der Waals surface area contributed by atoms with Crippen molar-refractivity contribution in [2.24, 2.45) is 0 Å². The minimum atomic E-state index is -3.28. The Bertz CT molecular complexity index is 883. The summed E-state index contributed by atoms with van der Waals surface area (Å²) >= 11 is 0. The molecule has 24 heavy (non-hydrogen) atoms. The summed E-state index contributed by atoms with van der Waals surface area (Å²) in [5, 5.41) is 2.45. The normalized spacial score (nSPS) is 16.2. The molecule has 0 radical (unpaired) electrons. The third kappa shape index (κ3) is 3.23. The Balaban J connectivity index is 1.75. The number of anilines is 2. The lowest BCUT2D eigenvalue weighted by Gasteiger charge is -2.17. The number of hydrogen-bond acceptors (Lipinski definition) is 3. The molecule has 0 atom stereocenters. The van der Waals surface area contributed by atoms with E-state index in [2.05, 4.69) is 5.32 Å². The van der Waals surface area contributed by atoms with Crippen molar-refractivity contribution in [2.75, 3.05) is 21.9 Å². The third-order valence-corrected chi connectivity index (χ3v) is 5.56. The van der Waals surface area contributed by atoms with Crippen LogP contribution in [0.1, 0.15) is 16.8 Å². The molecule has 1 heterocycles. The summed E-state index contributed by atoms with van der Waals surface area (Å²) in [5.41, 5.74) is 0.905. The van der Waals surface area contributed by atoms with Gasteiger partial charge in [-0.15, -0.1) is 0 Å². The highest BCUT2D eigenvalue weighted by Crippen LogP contribution is 2.24. The summed E-state index contributed by atoms with van der Waals surface area (Å²) in [7, 11) is -3.28. The van der Waals surface area contributed by atoms with Crippen LogP contribution in [0.5, 0.6) is 0 Å². The van der Waals surface area contributed by atoms with Crippen LogP contribution in [0.15, 0.2) is 42.5 Å². The number of carbonyl (C=O) groups excluding carboxylic acids is 1. The minimum Gasteiger partial charge on any atom is -0.322 e. The predicted molar refractivity (Wildman–Crippen MR) is 86.5 cm³/mol. The largest absolute Gasteiger partial charge is 0.322 e. The standard InChI is InChI=1S/C16H14F2N2O3S/c17-14-7-4-12(10-15(14)18)19-16(21)11-2-5-13(6-3-11)20-8-1-9-24(20,22)23/h2-7,10H,1,8-9H2,(H,19,21). The Labute approximate surface area is 138 Å². The highest BCUT2D eigenvalue weighted by molar-refractivity contribution is 7.93. The van der Waals surface area contributed by atoms with E-state index in [1.165, 1.54) is 22.5 Å². The summed E-state index contributed by atoms with van der Waals surface area (Å²) in [6.07, 6.45) is 0.570. The van der Waals surface area contributed by atoms with Gasteiger partial charge in [0.2, 0.25) is 10.0 Å².